The molecule has 0 aliphatic heterocycles. The third kappa shape index (κ3) is 3.32. The summed E-state index contributed by atoms with van der Waals surface area (Å²) in [5.41, 5.74) is 1.22. The lowest BCUT2D eigenvalue weighted by molar-refractivity contribution is 0.757. The summed E-state index contributed by atoms with van der Waals surface area (Å²) in [5, 5.41) is 7.54. The van der Waals surface area contributed by atoms with Gasteiger partial charge in [-0.05, 0) is 25.5 Å². The van der Waals surface area contributed by atoms with Crippen LogP contribution in [-0.4, -0.2) is 34.6 Å². The van der Waals surface area contributed by atoms with Crippen LogP contribution in [0.3, 0.4) is 0 Å². The maximum absolute atomic E-state index is 4.47. The fraction of sp³-hybridized carbons (Fsp3) is 0.714. The highest BCUT2D eigenvalue weighted by Crippen LogP contribution is 2.32. The molecule has 0 bridgehead atoms. The third-order valence-electron chi connectivity index (χ3n) is 3.76. The van der Waals surface area contributed by atoms with Gasteiger partial charge in [0.05, 0.1) is 0 Å². The predicted molar refractivity (Wildman–Crippen MR) is 84.1 cm³/mol. The van der Waals surface area contributed by atoms with Crippen molar-refractivity contribution in [3.8, 4) is 0 Å². The number of hydrogen-bond acceptors (Lipinski definition) is 5. The van der Waals surface area contributed by atoms with E-state index in [1.165, 1.54) is 24.8 Å². The lowest BCUT2D eigenvalue weighted by atomic mass is 10.1. The molecular weight excluding hydrogens is 256 g/mol. The Hall–Kier alpha value is -0.970. The quantitative estimate of drug-likeness (QED) is 0.838. The molecule has 2 N–H and O–H groups in total. The average molecular weight is 280 g/mol. The molecule has 1 heterocycles. The molecule has 0 saturated heterocycles. The summed E-state index contributed by atoms with van der Waals surface area (Å²) < 4.78 is 0. The van der Waals surface area contributed by atoms with Crippen LogP contribution in [0.4, 0.5) is 11.6 Å². The molecule has 5 heteroatoms. The Morgan fingerprint density at radius 1 is 1.32 bits per heavy atom. The van der Waals surface area contributed by atoms with Gasteiger partial charge in [0.15, 0.2) is 0 Å². The van der Waals surface area contributed by atoms with Gasteiger partial charge in [0, 0.05) is 23.9 Å². The van der Waals surface area contributed by atoms with E-state index in [-0.39, 0.29) is 0 Å². The number of nitrogens with one attached hydrogen (secondary N) is 2. The Labute approximate surface area is 120 Å². The van der Waals surface area contributed by atoms with Gasteiger partial charge >= 0.3 is 0 Å². The minimum absolute atomic E-state index is 0.546. The number of rotatable bonds is 6. The molecule has 1 aliphatic rings. The Kier molecular flexibility index (Phi) is 5.31. The van der Waals surface area contributed by atoms with Gasteiger partial charge in [0.2, 0.25) is 0 Å². The largest absolute Gasteiger partial charge is 0.373 e. The van der Waals surface area contributed by atoms with Crippen LogP contribution >= 0.6 is 11.8 Å². The Bertz CT molecular complexity index is 410. The van der Waals surface area contributed by atoms with Crippen LogP contribution in [0.1, 0.15) is 38.2 Å². The molecule has 0 aromatic carbocycles. The molecule has 106 valence electrons. The van der Waals surface area contributed by atoms with Gasteiger partial charge in [-0.15, -0.1) is 0 Å². The van der Waals surface area contributed by atoms with E-state index in [9.17, 15) is 0 Å². The van der Waals surface area contributed by atoms with E-state index in [2.05, 4.69) is 33.8 Å². The number of thioether (sulfide) groups is 1. The minimum atomic E-state index is 0.546. The molecule has 2 atom stereocenters. The standard InChI is InChI=1S/C14H24N4S/c1-4-6-10-13(15-2)16-9-17-14(10)18-11-7-5-8-12(11)19-3/h9,11-12H,4-8H2,1-3H3,(H2,15,16,17,18). The van der Waals surface area contributed by atoms with E-state index in [0.717, 1.165) is 24.5 Å². The summed E-state index contributed by atoms with van der Waals surface area (Å²) in [6.45, 7) is 2.19. The van der Waals surface area contributed by atoms with Crippen molar-refractivity contribution in [2.24, 2.45) is 0 Å². The van der Waals surface area contributed by atoms with Crippen molar-refractivity contribution in [3.63, 3.8) is 0 Å². The van der Waals surface area contributed by atoms with Crippen molar-refractivity contribution in [2.75, 3.05) is 23.9 Å². The first-order chi connectivity index (χ1) is 9.30. The zero-order chi connectivity index (χ0) is 13.7. The zero-order valence-electron chi connectivity index (χ0n) is 12.1. The number of aromatic nitrogens is 2. The molecule has 19 heavy (non-hydrogen) atoms. The molecule has 1 aromatic heterocycles. The van der Waals surface area contributed by atoms with E-state index in [1.54, 1.807) is 6.33 Å². The summed E-state index contributed by atoms with van der Waals surface area (Å²) in [4.78, 5) is 8.79. The molecule has 4 nitrogen and oxygen atoms in total. The van der Waals surface area contributed by atoms with Crippen molar-refractivity contribution in [1.82, 2.24) is 9.97 Å². The van der Waals surface area contributed by atoms with Gasteiger partial charge < -0.3 is 10.6 Å². The summed E-state index contributed by atoms with van der Waals surface area (Å²) in [6.07, 6.45) is 9.84. The first kappa shape index (κ1) is 14.4. The van der Waals surface area contributed by atoms with E-state index in [1.807, 2.05) is 18.8 Å². The van der Waals surface area contributed by atoms with Crippen LogP contribution in [0.25, 0.3) is 0 Å². The Morgan fingerprint density at radius 2 is 2.11 bits per heavy atom. The Balaban J connectivity index is 2.19. The van der Waals surface area contributed by atoms with Crippen LogP contribution < -0.4 is 10.6 Å². The lowest BCUT2D eigenvalue weighted by Gasteiger charge is -2.22. The van der Waals surface area contributed by atoms with Gasteiger partial charge in [-0.25, -0.2) is 9.97 Å². The molecule has 1 fully saturated rings. The minimum Gasteiger partial charge on any atom is -0.373 e. The highest BCUT2D eigenvalue weighted by molar-refractivity contribution is 7.99. The van der Waals surface area contributed by atoms with Gasteiger partial charge in [-0.3, -0.25) is 0 Å². The van der Waals surface area contributed by atoms with Crippen molar-refractivity contribution < 1.29 is 0 Å². The van der Waals surface area contributed by atoms with Crippen LogP contribution in [0.5, 0.6) is 0 Å². The van der Waals surface area contributed by atoms with Gasteiger partial charge in [0.25, 0.3) is 0 Å². The van der Waals surface area contributed by atoms with Crippen molar-refractivity contribution in [2.45, 2.75) is 50.3 Å². The van der Waals surface area contributed by atoms with Gasteiger partial charge in [-0.1, -0.05) is 19.8 Å². The van der Waals surface area contributed by atoms with Crippen molar-refractivity contribution in [3.05, 3.63) is 11.9 Å². The van der Waals surface area contributed by atoms with Crippen LogP contribution in [0.2, 0.25) is 0 Å². The molecule has 2 unspecified atom stereocenters. The maximum atomic E-state index is 4.47. The molecule has 0 amide bonds. The molecule has 0 radical (unpaired) electrons. The smallest absolute Gasteiger partial charge is 0.134 e. The second-order valence-electron chi connectivity index (χ2n) is 5.01. The highest BCUT2D eigenvalue weighted by Gasteiger charge is 2.27. The fourth-order valence-electron chi connectivity index (χ4n) is 2.79. The lowest BCUT2D eigenvalue weighted by Crippen LogP contribution is -2.27. The van der Waals surface area contributed by atoms with Gasteiger partial charge in [0.1, 0.15) is 18.0 Å². The summed E-state index contributed by atoms with van der Waals surface area (Å²) in [6, 6.07) is 0.546. The van der Waals surface area contributed by atoms with Crippen LogP contribution in [0, 0.1) is 0 Å². The molecule has 2 rings (SSSR count). The number of nitrogens with zero attached hydrogens (tertiary/aromatic N) is 2. The van der Waals surface area contributed by atoms with Crippen LogP contribution in [-0.2, 0) is 6.42 Å². The van der Waals surface area contributed by atoms with Gasteiger partial charge in [-0.2, -0.15) is 11.8 Å². The third-order valence-corrected chi connectivity index (χ3v) is 4.93. The van der Waals surface area contributed by atoms with E-state index < -0.39 is 0 Å². The number of anilines is 2. The Morgan fingerprint density at radius 3 is 2.79 bits per heavy atom. The number of hydrogen-bond donors (Lipinski definition) is 2. The normalized spacial score (nSPS) is 22.5. The highest BCUT2D eigenvalue weighted by atomic mass is 32.2. The first-order valence-corrected chi connectivity index (χ1v) is 8.39. The first-order valence-electron chi connectivity index (χ1n) is 7.11. The average Bonchev–Trinajstić information content (AvgIpc) is 2.88. The zero-order valence-corrected chi connectivity index (χ0v) is 12.9. The maximum Gasteiger partial charge on any atom is 0.134 e. The van der Waals surface area contributed by atoms with E-state index in [4.69, 9.17) is 0 Å². The fourth-order valence-corrected chi connectivity index (χ4v) is 3.72. The van der Waals surface area contributed by atoms with Crippen molar-refractivity contribution >= 4 is 23.4 Å². The summed E-state index contributed by atoms with van der Waals surface area (Å²) in [5.74, 6) is 1.98. The molecule has 1 aromatic rings. The molecule has 1 aliphatic carbocycles. The van der Waals surface area contributed by atoms with Crippen molar-refractivity contribution in [1.29, 1.82) is 0 Å². The monoisotopic (exact) mass is 280 g/mol. The molecule has 1 saturated carbocycles. The molecule has 0 spiro atoms. The predicted octanol–water partition coefficient (Wildman–Crippen LogP) is 3.17. The second-order valence-corrected chi connectivity index (χ2v) is 6.08. The summed E-state index contributed by atoms with van der Waals surface area (Å²) >= 11 is 1.97. The van der Waals surface area contributed by atoms with E-state index in [0.29, 0.717) is 11.3 Å². The van der Waals surface area contributed by atoms with E-state index >= 15 is 0 Å². The van der Waals surface area contributed by atoms with Crippen LogP contribution in [0.15, 0.2) is 6.33 Å². The SMILES string of the molecule is CCCc1c(NC)ncnc1NC1CCCC1SC. The topological polar surface area (TPSA) is 49.8 Å². The summed E-state index contributed by atoms with van der Waals surface area (Å²) in [7, 11) is 1.92. The second kappa shape index (κ2) is 6.98. The molecular formula is C14H24N4S.